The summed E-state index contributed by atoms with van der Waals surface area (Å²) in [6.45, 7) is 6.07. The van der Waals surface area contributed by atoms with Crippen molar-refractivity contribution in [3.8, 4) is 0 Å². The lowest BCUT2D eigenvalue weighted by atomic mass is 9.69. The summed E-state index contributed by atoms with van der Waals surface area (Å²) in [5.74, 6) is -1.31. The number of carbonyl (C=O) groups is 3. The molecule has 0 spiro atoms. The minimum absolute atomic E-state index is 0.205. The number of methoxy groups -OCH3 is 1. The number of hydrogen-bond acceptors (Lipinski definition) is 8. The van der Waals surface area contributed by atoms with Crippen molar-refractivity contribution in [2.24, 2.45) is 11.8 Å². The second-order valence-electron chi connectivity index (χ2n) is 8.14. The Kier molecular flexibility index (Phi) is 8.70. The molecule has 0 unspecified atom stereocenters. The van der Waals surface area contributed by atoms with Gasteiger partial charge in [0.05, 0.1) is 12.7 Å². The Morgan fingerprint density at radius 3 is 2.52 bits per heavy atom. The van der Waals surface area contributed by atoms with E-state index in [9.17, 15) is 14.4 Å². The first-order valence-electron chi connectivity index (χ1n) is 11.1. The molecular formula is C25H31NO5S2. The number of Topliss-reactive ketones (excluding diaryl/α,β-unsaturated/α-hetero) is 1. The highest BCUT2D eigenvalue weighted by Gasteiger charge is 2.47. The zero-order valence-electron chi connectivity index (χ0n) is 19.7. The third kappa shape index (κ3) is 5.32. The second kappa shape index (κ2) is 11.3. The molecule has 3 rings (SSSR count). The van der Waals surface area contributed by atoms with Crippen LogP contribution in [0.25, 0.3) is 0 Å². The van der Waals surface area contributed by atoms with Crippen LogP contribution in [0.2, 0.25) is 0 Å². The Balaban J connectivity index is 2.06. The third-order valence-corrected chi connectivity index (χ3v) is 7.68. The number of benzene rings is 1. The molecule has 0 fully saturated rings. The van der Waals surface area contributed by atoms with Gasteiger partial charge in [-0.05, 0) is 49.0 Å². The normalized spacial score (nSPS) is 22.6. The van der Waals surface area contributed by atoms with Crippen molar-refractivity contribution in [2.45, 2.75) is 38.0 Å². The van der Waals surface area contributed by atoms with E-state index in [0.29, 0.717) is 35.6 Å². The lowest BCUT2D eigenvalue weighted by molar-refractivity contribution is -0.151. The summed E-state index contributed by atoms with van der Waals surface area (Å²) in [6, 6.07) is 7.84. The molecule has 1 aliphatic carbocycles. The molecule has 1 aliphatic heterocycles. The van der Waals surface area contributed by atoms with Crippen LogP contribution in [-0.2, 0) is 23.9 Å². The van der Waals surface area contributed by atoms with Gasteiger partial charge in [-0.1, -0.05) is 26.0 Å². The molecule has 0 radical (unpaired) electrons. The maximum absolute atomic E-state index is 13.7. The van der Waals surface area contributed by atoms with E-state index in [1.54, 1.807) is 23.5 Å². The number of ether oxygens (including phenoxy) is 2. The first-order valence-corrected chi connectivity index (χ1v) is 13.4. The number of carbonyl (C=O) groups excluding carboxylic acids is 3. The predicted molar refractivity (Wildman–Crippen MR) is 132 cm³/mol. The highest BCUT2D eigenvalue weighted by molar-refractivity contribution is 7.99. The molecule has 33 heavy (non-hydrogen) atoms. The molecule has 2 aliphatic rings. The maximum Gasteiger partial charge on any atom is 0.336 e. The van der Waals surface area contributed by atoms with Crippen LogP contribution in [0.1, 0.15) is 38.7 Å². The van der Waals surface area contributed by atoms with E-state index in [2.05, 4.69) is 12.2 Å². The largest absolute Gasteiger partial charge is 0.468 e. The highest BCUT2D eigenvalue weighted by Crippen LogP contribution is 2.45. The highest BCUT2D eigenvalue weighted by atomic mass is 32.2. The van der Waals surface area contributed by atoms with Crippen molar-refractivity contribution < 1.29 is 23.9 Å². The Bertz CT molecular complexity index is 983. The van der Waals surface area contributed by atoms with Gasteiger partial charge in [0, 0.05) is 33.5 Å². The number of rotatable bonds is 8. The predicted octanol–water partition coefficient (Wildman–Crippen LogP) is 4.32. The fourth-order valence-electron chi connectivity index (χ4n) is 4.50. The summed E-state index contributed by atoms with van der Waals surface area (Å²) in [4.78, 5) is 40.5. The molecule has 0 amide bonds. The summed E-state index contributed by atoms with van der Waals surface area (Å²) in [5.41, 5.74) is 3.14. The van der Waals surface area contributed by atoms with Crippen molar-refractivity contribution in [3.05, 3.63) is 52.4 Å². The van der Waals surface area contributed by atoms with Crippen LogP contribution in [0.15, 0.2) is 51.7 Å². The molecule has 1 N–H and O–H groups in total. The molecule has 0 saturated heterocycles. The number of dihydropyridines is 1. The van der Waals surface area contributed by atoms with Crippen molar-refractivity contribution in [1.82, 2.24) is 5.32 Å². The van der Waals surface area contributed by atoms with Gasteiger partial charge in [0.15, 0.2) is 5.78 Å². The first kappa shape index (κ1) is 25.4. The summed E-state index contributed by atoms with van der Waals surface area (Å²) in [7, 11) is 1.30. The minimum Gasteiger partial charge on any atom is -0.468 e. The smallest absolute Gasteiger partial charge is 0.336 e. The van der Waals surface area contributed by atoms with Crippen LogP contribution in [0.5, 0.6) is 0 Å². The van der Waals surface area contributed by atoms with Gasteiger partial charge in [0.1, 0.15) is 12.5 Å². The average molecular weight is 490 g/mol. The number of ketones is 1. The van der Waals surface area contributed by atoms with E-state index in [4.69, 9.17) is 9.47 Å². The average Bonchev–Trinajstić information content (AvgIpc) is 2.80. The lowest BCUT2D eigenvalue weighted by Crippen LogP contribution is -2.43. The van der Waals surface area contributed by atoms with Crippen LogP contribution < -0.4 is 5.32 Å². The molecule has 0 saturated carbocycles. The second-order valence-corrected chi connectivity index (χ2v) is 10.4. The van der Waals surface area contributed by atoms with Gasteiger partial charge in [-0.2, -0.15) is 11.8 Å². The molecule has 0 aromatic heterocycles. The number of allylic oxidation sites excluding steroid dienone is 3. The van der Waals surface area contributed by atoms with Gasteiger partial charge in [-0.15, -0.1) is 11.8 Å². The molecular weight excluding hydrogens is 458 g/mol. The lowest BCUT2D eigenvalue weighted by Gasteiger charge is -2.38. The number of nitrogens with one attached hydrogen (secondary N) is 1. The van der Waals surface area contributed by atoms with Crippen LogP contribution in [0, 0.1) is 11.8 Å². The monoisotopic (exact) mass is 489 g/mol. The molecule has 1 heterocycles. The van der Waals surface area contributed by atoms with Crippen LogP contribution in [-0.4, -0.2) is 49.2 Å². The number of thioether (sulfide) groups is 2. The van der Waals surface area contributed by atoms with Crippen molar-refractivity contribution in [2.75, 3.05) is 31.5 Å². The standard InChI is InChI=1S/C25H31NO5S2/c1-6-33-12-11-31-25(29)20-15(3)26-18-13-14(2)19(24(28)30-4)23(27)22(18)21(20)16-7-9-17(32-5)10-8-16/h7-10,14,19,21,26H,6,11-13H2,1-5H3/t14-,19+,21+/m0/s1. The zero-order chi connectivity index (χ0) is 24.1. The van der Waals surface area contributed by atoms with E-state index in [1.165, 1.54) is 7.11 Å². The van der Waals surface area contributed by atoms with E-state index in [-0.39, 0.29) is 11.7 Å². The molecule has 0 bridgehead atoms. The van der Waals surface area contributed by atoms with Gasteiger partial charge in [0.2, 0.25) is 0 Å². The Hall–Kier alpha value is -2.19. The number of hydrogen-bond donors (Lipinski definition) is 1. The summed E-state index contributed by atoms with van der Waals surface area (Å²) in [6.07, 6.45) is 2.52. The van der Waals surface area contributed by atoms with E-state index in [0.717, 1.165) is 21.9 Å². The summed E-state index contributed by atoms with van der Waals surface area (Å²) < 4.78 is 10.5. The quantitative estimate of drug-likeness (QED) is 0.250. The third-order valence-electron chi connectivity index (χ3n) is 6.08. The van der Waals surface area contributed by atoms with Crippen molar-refractivity contribution in [3.63, 3.8) is 0 Å². The molecule has 8 heteroatoms. The summed E-state index contributed by atoms with van der Waals surface area (Å²) >= 11 is 3.32. The van der Waals surface area contributed by atoms with Gasteiger partial charge in [-0.3, -0.25) is 9.59 Å². The van der Waals surface area contributed by atoms with Gasteiger partial charge in [0.25, 0.3) is 0 Å². The molecule has 178 valence electrons. The Labute approximate surface area is 203 Å². The minimum atomic E-state index is -0.889. The zero-order valence-corrected chi connectivity index (χ0v) is 21.4. The Morgan fingerprint density at radius 1 is 1.21 bits per heavy atom. The van der Waals surface area contributed by atoms with Crippen LogP contribution in [0.4, 0.5) is 0 Å². The van der Waals surface area contributed by atoms with Crippen molar-refractivity contribution >= 4 is 41.2 Å². The van der Waals surface area contributed by atoms with Crippen molar-refractivity contribution in [1.29, 1.82) is 0 Å². The topological polar surface area (TPSA) is 81.7 Å². The van der Waals surface area contributed by atoms with E-state index >= 15 is 0 Å². The van der Waals surface area contributed by atoms with Gasteiger partial charge >= 0.3 is 11.9 Å². The van der Waals surface area contributed by atoms with Gasteiger partial charge in [-0.25, -0.2) is 4.79 Å². The molecule has 1 aromatic rings. The molecule has 3 atom stereocenters. The van der Waals surface area contributed by atoms with E-state index < -0.39 is 23.8 Å². The number of esters is 2. The van der Waals surface area contributed by atoms with E-state index in [1.807, 2.05) is 44.4 Å². The first-order chi connectivity index (χ1) is 15.8. The maximum atomic E-state index is 13.7. The molecule has 1 aromatic carbocycles. The molecule has 6 nitrogen and oxygen atoms in total. The Morgan fingerprint density at radius 2 is 1.91 bits per heavy atom. The fraction of sp³-hybridized carbons (Fsp3) is 0.480. The van der Waals surface area contributed by atoms with Crippen LogP contribution in [0.3, 0.4) is 0 Å². The summed E-state index contributed by atoms with van der Waals surface area (Å²) in [5, 5.41) is 3.29. The SMILES string of the molecule is CCSCCOC(=O)C1=C(C)NC2=C(C(=O)[C@H](C(=O)OC)[C@@H](C)C2)[C@@H]1c1ccc(SC)cc1. The van der Waals surface area contributed by atoms with Crippen LogP contribution >= 0.6 is 23.5 Å². The fourth-order valence-corrected chi connectivity index (χ4v) is 5.39. The van der Waals surface area contributed by atoms with Gasteiger partial charge < -0.3 is 14.8 Å².